The standard InChI is InChI=1S/C13H17BrN2S/c1-13(2)6-3-7-16(13)11-8-9(14)4-5-10(11)12(15)17/h4-5,8H,3,6-7H2,1-2H3,(H2,15,17). The number of rotatable bonds is 2. The zero-order valence-electron chi connectivity index (χ0n) is 10.2. The Morgan fingerprint density at radius 3 is 2.71 bits per heavy atom. The van der Waals surface area contributed by atoms with Crippen LogP contribution in [0, 0.1) is 0 Å². The molecule has 2 rings (SSSR count). The number of anilines is 1. The van der Waals surface area contributed by atoms with Gasteiger partial charge in [-0.1, -0.05) is 28.1 Å². The highest BCUT2D eigenvalue weighted by Crippen LogP contribution is 2.36. The minimum absolute atomic E-state index is 0.181. The normalized spacial score (nSPS) is 18.4. The number of thiocarbonyl (C=S) groups is 1. The van der Waals surface area contributed by atoms with Crippen LogP contribution < -0.4 is 10.6 Å². The molecule has 1 aromatic carbocycles. The molecule has 17 heavy (non-hydrogen) atoms. The third kappa shape index (κ3) is 2.47. The van der Waals surface area contributed by atoms with Gasteiger partial charge in [-0.15, -0.1) is 0 Å². The van der Waals surface area contributed by atoms with Gasteiger partial charge in [-0.05, 0) is 44.9 Å². The Balaban J connectivity index is 2.50. The first-order chi connectivity index (χ1) is 7.92. The van der Waals surface area contributed by atoms with E-state index in [2.05, 4.69) is 40.7 Å². The van der Waals surface area contributed by atoms with Crippen LogP contribution in [0.25, 0.3) is 0 Å². The van der Waals surface area contributed by atoms with Crippen LogP contribution in [0.5, 0.6) is 0 Å². The molecule has 1 saturated heterocycles. The smallest absolute Gasteiger partial charge is 0.106 e. The van der Waals surface area contributed by atoms with E-state index in [0.717, 1.165) is 22.3 Å². The summed E-state index contributed by atoms with van der Waals surface area (Å²) in [5, 5.41) is 0. The van der Waals surface area contributed by atoms with Gasteiger partial charge >= 0.3 is 0 Å². The lowest BCUT2D eigenvalue weighted by atomic mass is 10.0. The van der Waals surface area contributed by atoms with Gasteiger partial charge < -0.3 is 10.6 Å². The molecule has 92 valence electrons. The zero-order valence-corrected chi connectivity index (χ0v) is 12.6. The van der Waals surface area contributed by atoms with Crippen molar-refractivity contribution in [3.05, 3.63) is 28.2 Å². The number of nitrogens with zero attached hydrogens (tertiary/aromatic N) is 1. The first kappa shape index (κ1) is 12.8. The first-order valence-corrected chi connectivity index (χ1v) is 6.99. The van der Waals surface area contributed by atoms with Crippen LogP contribution in [0.4, 0.5) is 5.69 Å². The number of halogens is 1. The summed E-state index contributed by atoms with van der Waals surface area (Å²) in [5.74, 6) is 0. The maximum atomic E-state index is 5.81. The summed E-state index contributed by atoms with van der Waals surface area (Å²) >= 11 is 8.66. The summed E-state index contributed by atoms with van der Waals surface area (Å²) in [7, 11) is 0. The number of nitrogens with two attached hydrogens (primary N) is 1. The van der Waals surface area contributed by atoms with Crippen LogP contribution in [-0.4, -0.2) is 17.1 Å². The van der Waals surface area contributed by atoms with Crippen LogP contribution in [0.1, 0.15) is 32.3 Å². The van der Waals surface area contributed by atoms with Crippen molar-refractivity contribution in [2.45, 2.75) is 32.2 Å². The van der Waals surface area contributed by atoms with E-state index >= 15 is 0 Å². The molecule has 1 heterocycles. The Morgan fingerprint density at radius 2 is 2.18 bits per heavy atom. The monoisotopic (exact) mass is 312 g/mol. The molecule has 0 unspecified atom stereocenters. The van der Waals surface area contributed by atoms with Crippen molar-refractivity contribution in [3.63, 3.8) is 0 Å². The fourth-order valence-corrected chi connectivity index (χ4v) is 3.01. The van der Waals surface area contributed by atoms with Gasteiger partial charge in [0.15, 0.2) is 0 Å². The highest BCUT2D eigenvalue weighted by Gasteiger charge is 2.33. The SMILES string of the molecule is CC1(C)CCCN1c1cc(Br)ccc1C(N)=S. The first-order valence-electron chi connectivity index (χ1n) is 5.79. The average molecular weight is 313 g/mol. The van der Waals surface area contributed by atoms with Gasteiger partial charge in [0.25, 0.3) is 0 Å². The minimum Gasteiger partial charge on any atom is -0.389 e. The molecule has 1 aliphatic rings. The van der Waals surface area contributed by atoms with Gasteiger partial charge in [-0.2, -0.15) is 0 Å². The Labute approximate surface area is 116 Å². The van der Waals surface area contributed by atoms with Crippen LogP contribution >= 0.6 is 28.1 Å². The molecule has 4 heteroatoms. The Bertz CT molecular complexity index is 457. The van der Waals surface area contributed by atoms with Crippen LogP contribution in [0.15, 0.2) is 22.7 Å². The lowest BCUT2D eigenvalue weighted by Crippen LogP contribution is -2.39. The predicted molar refractivity (Wildman–Crippen MR) is 80.7 cm³/mol. The van der Waals surface area contributed by atoms with Crippen molar-refractivity contribution < 1.29 is 0 Å². The molecule has 2 nitrogen and oxygen atoms in total. The Morgan fingerprint density at radius 1 is 1.47 bits per heavy atom. The van der Waals surface area contributed by atoms with Crippen molar-refractivity contribution in [1.82, 2.24) is 0 Å². The third-order valence-electron chi connectivity index (χ3n) is 3.42. The van der Waals surface area contributed by atoms with Crippen molar-refractivity contribution in [3.8, 4) is 0 Å². The van der Waals surface area contributed by atoms with E-state index in [-0.39, 0.29) is 5.54 Å². The van der Waals surface area contributed by atoms with E-state index in [1.807, 2.05) is 12.1 Å². The van der Waals surface area contributed by atoms with Crippen molar-refractivity contribution in [1.29, 1.82) is 0 Å². The molecule has 1 aromatic rings. The predicted octanol–water partition coefficient (Wildman–Crippen LogP) is 3.46. The second-order valence-electron chi connectivity index (χ2n) is 5.09. The van der Waals surface area contributed by atoms with E-state index < -0.39 is 0 Å². The summed E-state index contributed by atoms with van der Waals surface area (Å²) in [4.78, 5) is 2.88. The summed E-state index contributed by atoms with van der Waals surface area (Å²) in [6, 6.07) is 6.10. The summed E-state index contributed by atoms with van der Waals surface area (Å²) < 4.78 is 1.07. The van der Waals surface area contributed by atoms with Gasteiger partial charge in [0.1, 0.15) is 4.99 Å². The fraction of sp³-hybridized carbons (Fsp3) is 0.462. The molecule has 0 aliphatic carbocycles. The van der Waals surface area contributed by atoms with Gasteiger partial charge in [-0.3, -0.25) is 0 Å². The maximum Gasteiger partial charge on any atom is 0.106 e. The van der Waals surface area contributed by atoms with E-state index in [1.165, 1.54) is 12.8 Å². The second kappa shape index (κ2) is 4.58. The maximum absolute atomic E-state index is 5.81. The molecular weight excluding hydrogens is 296 g/mol. The molecule has 0 saturated carbocycles. The molecule has 0 aromatic heterocycles. The summed E-state index contributed by atoms with van der Waals surface area (Å²) in [6.45, 7) is 5.60. The molecule has 1 fully saturated rings. The van der Waals surface area contributed by atoms with Crippen LogP contribution in [0.2, 0.25) is 0 Å². The summed E-state index contributed by atoms with van der Waals surface area (Å²) in [6.07, 6.45) is 2.42. The Kier molecular flexibility index (Phi) is 3.46. The second-order valence-corrected chi connectivity index (χ2v) is 6.45. The van der Waals surface area contributed by atoms with E-state index in [1.54, 1.807) is 0 Å². The third-order valence-corrected chi connectivity index (χ3v) is 4.13. The fourth-order valence-electron chi connectivity index (χ4n) is 2.49. The van der Waals surface area contributed by atoms with E-state index in [4.69, 9.17) is 18.0 Å². The number of hydrogen-bond acceptors (Lipinski definition) is 2. The van der Waals surface area contributed by atoms with Crippen molar-refractivity contribution >= 4 is 38.8 Å². The average Bonchev–Trinajstić information content (AvgIpc) is 2.57. The molecule has 0 bridgehead atoms. The molecule has 2 N–H and O–H groups in total. The van der Waals surface area contributed by atoms with Gasteiger partial charge in [0, 0.05) is 27.8 Å². The number of hydrogen-bond donors (Lipinski definition) is 1. The summed E-state index contributed by atoms with van der Waals surface area (Å²) in [5.41, 5.74) is 8.11. The quantitative estimate of drug-likeness (QED) is 0.848. The van der Waals surface area contributed by atoms with Gasteiger partial charge in [0.2, 0.25) is 0 Å². The molecule has 0 amide bonds. The molecule has 0 spiro atoms. The highest BCUT2D eigenvalue weighted by molar-refractivity contribution is 9.10. The lowest BCUT2D eigenvalue weighted by molar-refractivity contribution is 0.518. The largest absolute Gasteiger partial charge is 0.389 e. The van der Waals surface area contributed by atoms with Gasteiger partial charge in [-0.25, -0.2) is 0 Å². The van der Waals surface area contributed by atoms with Crippen molar-refractivity contribution in [2.75, 3.05) is 11.4 Å². The van der Waals surface area contributed by atoms with Crippen molar-refractivity contribution in [2.24, 2.45) is 5.73 Å². The Hall–Kier alpha value is -0.610. The lowest BCUT2D eigenvalue weighted by Gasteiger charge is -2.35. The topological polar surface area (TPSA) is 29.3 Å². The van der Waals surface area contributed by atoms with Crippen LogP contribution in [0.3, 0.4) is 0 Å². The zero-order chi connectivity index (χ0) is 12.6. The van der Waals surface area contributed by atoms with Crippen LogP contribution in [-0.2, 0) is 0 Å². The highest BCUT2D eigenvalue weighted by atomic mass is 79.9. The van der Waals surface area contributed by atoms with E-state index in [9.17, 15) is 0 Å². The molecule has 1 aliphatic heterocycles. The minimum atomic E-state index is 0.181. The van der Waals surface area contributed by atoms with Gasteiger partial charge in [0.05, 0.1) is 0 Å². The van der Waals surface area contributed by atoms with E-state index in [0.29, 0.717) is 4.99 Å². The molecule has 0 radical (unpaired) electrons. The number of benzene rings is 1. The molecule has 0 atom stereocenters. The molecular formula is C13H17BrN2S.